The molecule has 176 valence electrons. The molecule has 1 fully saturated rings. The predicted molar refractivity (Wildman–Crippen MR) is 134 cm³/mol. The summed E-state index contributed by atoms with van der Waals surface area (Å²) < 4.78 is 0. The molecule has 1 aliphatic heterocycles. The van der Waals surface area contributed by atoms with Crippen molar-refractivity contribution >= 4 is 39.5 Å². The maximum atomic E-state index is 13.0. The summed E-state index contributed by atoms with van der Waals surface area (Å²) in [6, 6.07) is 13.4. The molecule has 1 aromatic carbocycles. The van der Waals surface area contributed by atoms with E-state index < -0.39 is 6.10 Å². The number of rotatable bonds is 6. The number of para-hydroxylation sites is 1. The Morgan fingerprint density at radius 1 is 1.26 bits per heavy atom. The van der Waals surface area contributed by atoms with E-state index in [1.807, 2.05) is 50.4 Å². The lowest BCUT2D eigenvalue weighted by atomic mass is 10.0. The van der Waals surface area contributed by atoms with Crippen LogP contribution in [0.2, 0.25) is 0 Å². The predicted octanol–water partition coefficient (Wildman–Crippen LogP) is 2.85. The Morgan fingerprint density at radius 2 is 2.09 bits per heavy atom. The van der Waals surface area contributed by atoms with Crippen LogP contribution in [-0.4, -0.2) is 57.3 Å². The second-order valence-electron chi connectivity index (χ2n) is 8.72. The third kappa shape index (κ3) is 4.67. The number of aliphatic hydroxyl groups excluding tert-OH is 1. The van der Waals surface area contributed by atoms with Crippen LogP contribution in [0.1, 0.15) is 42.8 Å². The van der Waals surface area contributed by atoms with E-state index in [4.69, 9.17) is 0 Å². The first-order valence-electron chi connectivity index (χ1n) is 11.1. The van der Waals surface area contributed by atoms with Gasteiger partial charge in [-0.25, -0.2) is 5.10 Å². The second-order valence-corrected chi connectivity index (χ2v) is 10.8. The SMILES string of the molecule is Cc1cc(CC(O)c2ccc(C(=O)N[C@@H]3CN(C)C[C@@H]3c3n[nH]c(=O)s3)s2)c2ccccc2n1. The van der Waals surface area contributed by atoms with Crippen molar-refractivity contribution in [2.24, 2.45) is 0 Å². The minimum Gasteiger partial charge on any atom is -0.387 e. The number of nitrogens with one attached hydrogen (secondary N) is 2. The average molecular weight is 496 g/mol. The number of amides is 1. The molecule has 0 aliphatic carbocycles. The van der Waals surface area contributed by atoms with Gasteiger partial charge >= 0.3 is 4.87 Å². The van der Waals surface area contributed by atoms with Crippen molar-refractivity contribution < 1.29 is 9.90 Å². The summed E-state index contributed by atoms with van der Waals surface area (Å²) in [7, 11) is 1.98. The summed E-state index contributed by atoms with van der Waals surface area (Å²) in [6.45, 7) is 3.35. The van der Waals surface area contributed by atoms with Crippen molar-refractivity contribution in [2.45, 2.75) is 31.4 Å². The Labute approximate surface area is 204 Å². The summed E-state index contributed by atoms with van der Waals surface area (Å²) in [6.07, 6.45) is -0.276. The van der Waals surface area contributed by atoms with Gasteiger partial charge in [0.15, 0.2) is 0 Å². The van der Waals surface area contributed by atoms with Crippen LogP contribution in [0.15, 0.2) is 47.3 Å². The number of H-pyrrole nitrogens is 1. The van der Waals surface area contributed by atoms with E-state index in [-0.39, 0.29) is 22.7 Å². The molecular formula is C24H25N5O3S2. The van der Waals surface area contributed by atoms with E-state index >= 15 is 0 Å². The number of pyridine rings is 1. The molecule has 5 rings (SSSR count). The monoisotopic (exact) mass is 495 g/mol. The molecular weight excluding hydrogens is 470 g/mol. The maximum Gasteiger partial charge on any atom is 0.322 e. The Balaban J connectivity index is 1.30. The number of carbonyl (C=O) groups is 1. The van der Waals surface area contributed by atoms with Crippen LogP contribution in [-0.2, 0) is 6.42 Å². The Hall–Kier alpha value is -2.92. The first-order valence-corrected chi connectivity index (χ1v) is 12.7. The Kier molecular flexibility index (Phi) is 6.30. The van der Waals surface area contributed by atoms with Gasteiger partial charge in [-0.05, 0) is 43.8 Å². The van der Waals surface area contributed by atoms with Crippen molar-refractivity contribution in [2.75, 3.05) is 20.1 Å². The topological polar surface area (TPSA) is 111 Å². The van der Waals surface area contributed by atoms with Gasteiger partial charge in [-0.15, -0.1) is 11.3 Å². The van der Waals surface area contributed by atoms with E-state index in [2.05, 4.69) is 25.4 Å². The Bertz CT molecular complexity index is 1390. The lowest BCUT2D eigenvalue weighted by Gasteiger charge is -2.17. The van der Waals surface area contributed by atoms with Crippen LogP contribution in [0.5, 0.6) is 0 Å². The quantitative estimate of drug-likeness (QED) is 0.379. The molecule has 3 atom stereocenters. The normalized spacial score (nSPS) is 19.5. The van der Waals surface area contributed by atoms with Gasteiger partial charge in [0.2, 0.25) is 0 Å². The lowest BCUT2D eigenvalue weighted by Crippen LogP contribution is -2.39. The zero-order chi connectivity index (χ0) is 23.8. The number of aromatic nitrogens is 3. The van der Waals surface area contributed by atoms with Crippen LogP contribution >= 0.6 is 22.7 Å². The molecule has 8 nitrogen and oxygen atoms in total. The molecule has 0 bridgehead atoms. The number of aliphatic hydroxyl groups is 1. The highest BCUT2D eigenvalue weighted by atomic mass is 32.1. The standard InChI is InChI=1S/C24H25N5O3S2/c1-13-9-14(15-5-3-4-6-17(15)25-13)10-19(30)20-7-8-21(33-20)22(31)26-18-12-29(2)11-16(18)23-27-28-24(32)34-23/h3-9,16,18-19,30H,10-12H2,1-2H3,(H,26,31)(H,28,32)/t16-,18+,19?/m0/s1. The number of benzene rings is 1. The molecule has 0 saturated carbocycles. The molecule has 0 radical (unpaired) electrons. The van der Waals surface area contributed by atoms with Gasteiger partial charge in [0.1, 0.15) is 5.01 Å². The zero-order valence-corrected chi connectivity index (χ0v) is 20.4. The van der Waals surface area contributed by atoms with Crippen LogP contribution in [0.4, 0.5) is 0 Å². The second kappa shape index (κ2) is 9.38. The van der Waals surface area contributed by atoms with E-state index in [1.54, 1.807) is 6.07 Å². The summed E-state index contributed by atoms with van der Waals surface area (Å²) in [5, 5.41) is 22.4. The molecule has 4 heterocycles. The highest BCUT2D eigenvalue weighted by Gasteiger charge is 2.35. The third-order valence-corrected chi connectivity index (χ3v) is 8.18. The average Bonchev–Trinajstić information content (AvgIpc) is 3.53. The maximum absolute atomic E-state index is 13.0. The summed E-state index contributed by atoms with van der Waals surface area (Å²) in [5.74, 6) is -0.215. The van der Waals surface area contributed by atoms with Crippen molar-refractivity contribution in [3.05, 3.63) is 78.2 Å². The zero-order valence-electron chi connectivity index (χ0n) is 18.8. The molecule has 3 N–H and O–H groups in total. The smallest absolute Gasteiger partial charge is 0.322 e. The fourth-order valence-corrected chi connectivity index (χ4v) is 6.22. The molecule has 3 aromatic heterocycles. The van der Waals surface area contributed by atoms with Gasteiger partial charge in [0, 0.05) is 41.4 Å². The summed E-state index contributed by atoms with van der Waals surface area (Å²) >= 11 is 2.39. The van der Waals surface area contributed by atoms with E-state index in [0.717, 1.165) is 44.9 Å². The molecule has 10 heteroatoms. The fourth-order valence-electron chi connectivity index (χ4n) is 4.56. The largest absolute Gasteiger partial charge is 0.387 e. The number of likely N-dealkylation sites (tertiary alicyclic amines) is 1. The molecule has 0 spiro atoms. The minimum absolute atomic E-state index is 0.0360. The highest BCUT2D eigenvalue weighted by molar-refractivity contribution is 7.14. The first-order chi connectivity index (χ1) is 16.4. The van der Waals surface area contributed by atoms with E-state index in [9.17, 15) is 14.7 Å². The number of hydrogen-bond donors (Lipinski definition) is 3. The first kappa shape index (κ1) is 22.9. The summed E-state index contributed by atoms with van der Waals surface area (Å²) in [4.78, 5) is 32.3. The van der Waals surface area contributed by atoms with Crippen LogP contribution < -0.4 is 10.2 Å². The van der Waals surface area contributed by atoms with Gasteiger partial charge in [0.25, 0.3) is 5.91 Å². The Morgan fingerprint density at radius 3 is 2.88 bits per heavy atom. The molecule has 1 saturated heterocycles. The van der Waals surface area contributed by atoms with Gasteiger partial charge in [0.05, 0.1) is 22.5 Å². The van der Waals surface area contributed by atoms with Gasteiger partial charge in [-0.1, -0.05) is 29.5 Å². The van der Waals surface area contributed by atoms with Crippen molar-refractivity contribution in [1.29, 1.82) is 0 Å². The van der Waals surface area contributed by atoms with E-state index in [1.165, 1.54) is 11.3 Å². The minimum atomic E-state index is -0.719. The number of carbonyl (C=O) groups excluding carboxylic acids is 1. The number of likely N-dealkylation sites (N-methyl/N-ethyl adjacent to an activating group) is 1. The highest BCUT2D eigenvalue weighted by Crippen LogP contribution is 2.30. The number of nitrogens with zero attached hydrogens (tertiary/aromatic N) is 3. The molecule has 1 aliphatic rings. The fraction of sp³-hybridized carbons (Fsp3) is 0.333. The van der Waals surface area contributed by atoms with Crippen molar-refractivity contribution in [3.8, 4) is 0 Å². The van der Waals surface area contributed by atoms with Crippen LogP contribution in [0.25, 0.3) is 10.9 Å². The number of aryl methyl sites for hydroxylation is 1. The van der Waals surface area contributed by atoms with Crippen LogP contribution in [0, 0.1) is 6.92 Å². The van der Waals surface area contributed by atoms with Crippen molar-refractivity contribution in [3.63, 3.8) is 0 Å². The van der Waals surface area contributed by atoms with Gasteiger partial charge in [-0.2, -0.15) is 5.10 Å². The number of thiophene rings is 1. The lowest BCUT2D eigenvalue weighted by molar-refractivity contribution is 0.0939. The van der Waals surface area contributed by atoms with Crippen LogP contribution in [0.3, 0.4) is 0 Å². The number of fused-ring (bicyclic) bond motifs is 1. The van der Waals surface area contributed by atoms with Gasteiger partial charge < -0.3 is 15.3 Å². The number of hydrogen-bond acceptors (Lipinski definition) is 8. The molecule has 1 unspecified atom stereocenters. The summed E-state index contributed by atoms with van der Waals surface area (Å²) in [5.41, 5.74) is 2.85. The molecule has 4 aromatic rings. The molecule has 34 heavy (non-hydrogen) atoms. The number of aromatic amines is 1. The van der Waals surface area contributed by atoms with Crippen molar-refractivity contribution in [1.82, 2.24) is 25.4 Å². The van der Waals surface area contributed by atoms with E-state index in [0.29, 0.717) is 22.9 Å². The third-order valence-electron chi connectivity index (χ3n) is 6.11. The molecule has 1 amide bonds. The van der Waals surface area contributed by atoms with Gasteiger partial charge in [-0.3, -0.25) is 14.6 Å².